The van der Waals surface area contributed by atoms with Crippen LogP contribution in [0, 0.1) is 0 Å². The van der Waals surface area contributed by atoms with Crippen molar-refractivity contribution in [3.63, 3.8) is 0 Å². The molecule has 0 heterocycles. The molecular weight excluding hydrogens is 108 g/mol. The highest BCUT2D eigenvalue weighted by Gasteiger charge is 2.10. The Morgan fingerprint density at radius 2 is 2.75 bits per heavy atom. The quantitative estimate of drug-likeness (QED) is 0.529. The van der Waals surface area contributed by atoms with Crippen molar-refractivity contribution in [3.05, 3.63) is 0 Å². The van der Waals surface area contributed by atoms with Gasteiger partial charge in [0.2, 0.25) is 1.43 Å². The molecule has 3 nitrogen and oxygen atoms in total. The normalized spacial score (nSPS) is 14.5. The lowest BCUT2D eigenvalue weighted by molar-refractivity contribution is -0.150. The lowest BCUT2D eigenvalue weighted by atomic mass is 10.3. The molecular formula is C5H10O3. The smallest absolute Gasteiger partial charge is 0.334 e. The average molecular weight is 119 g/mol. The first kappa shape index (κ1) is 5.56. The Labute approximate surface area is 49.8 Å². The minimum absolute atomic E-state index is 0.468. The summed E-state index contributed by atoms with van der Waals surface area (Å²) < 4.78 is 10.7. The van der Waals surface area contributed by atoms with Gasteiger partial charge in [0.05, 0.1) is 7.11 Å². The van der Waals surface area contributed by atoms with Gasteiger partial charge in [-0.25, -0.2) is 4.79 Å². The molecule has 8 heavy (non-hydrogen) atoms. The van der Waals surface area contributed by atoms with E-state index in [0.717, 1.165) is 0 Å². The first-order valence-corrected chi connectivity index (χ1v) is 2.46. The van der Waals surface area contributed by atoms with Gasteiger partial charge in [-0.15, -0.1) is 0 Å². The Morgan fingerprint density at radius 3 is 2.88 bits per heavy atom. The van der Waals surface area contributed by atoms with Gasteiger partial charge < -0.3 is 9.85 Å². The first-order valence-electron chi connectivity index (χ1n) is 2.86. The summed E-state index contributed by atoms with van der Waals surface area (Å²) in [7, 11) is 1.27. The van der Waals surface area contributed by atoms with Crippen LogP contribution in [0.3, 0.4) is 0 Å². The molecule has 3 heteroatoms. The molecule has 48 valence electrons. The number of aliphatic hydroxyl groups excluding tert-OH is 1. The molecule has 0 rings (SSSR count). The van der Waals surface area contributed by atoms with Gasteiger partial charge in [-0.1, -0.05) is 6.92 Å². The van der Waals surface area contributed by atoms with E-state index in [0.29, 0.717) is 6.42 Å². The predicted octanol–water partition coefficient (Wildman–Crippen LogP) is -0.0697. The number of aliphatic hydroxyl groups is 1. The molecule has 0 amide bonds. The fraction of sp³-hybridized carbons (Fsp3) is 0.800. The fourth-order valence-electron chi connectivity index (χ4n) is 0.298. The number of carbonyl (C=O) groups is 1. The molecule has 0 bridgehead atoms. The van der Waals surface area contributed by atoms with Crippen LogP contribution in [0.5, 0.6) is 0 Å². The van der Waals surface area contributed by atoms with Crippen molar-refractivity contribution < 1.29 is 14.6 Å². The number of carbonyl (C=O) groups excluding carboxylic acids is 1. The predicted molar refractivity (Wildman–Crippen MR) is 28.3 cm³/mol. The number of hydrogen-bond acceptors (Lipinski definition) is 3. The second-order valence-electron chi connectivity index (χ2n) is 1.42. The molecule has 0 spiro atoms. The van der Waals surface area contributed by atoms with E-state index in [1.807, 2.05) is 0 Å². The Hall–Kier alpha value is -0.570. The van der Waals surface area contributed by atoms with Crippen LogP contribution >= 0.6 is 0 Å². The van der Waals surface area contributed by atoms with Crippen molar-refractivity contribution in [2.75, 3.05) is 7.11 Å². The molecule has 0 aliphatic heterocycles. The maximum Gasteiger partial charge on any atom is 0.334 e. The van der Waals surface area contributed by atoms with Crippen molar-refractivity contribution in [2.24, 2.45) is 0 Å². The molecule has 0 aliphatic carbocycles. The van der Waals surface area contributed by atoms with Crippen LogP contribution < -0.4 is 0 Å². The van der Waals surface area contributed by atoms with E-state index in [1.165, 1.54) is 7.11 Å². The summed E-state index contributed by atoms with van der Waals surface area (Å²) in [5.74, 6) is -0.493. The molecule has 0 saturated carbocycles. The summed E-state index contributed by atoms with van der Waals surface area (Å²) in [6.45, 7) is 1.75. The Balaban J connectivity index is 3.64. The minimum Gasteiger partial charge on any atom is -0.467 e. The molecule has 0 fully saturated rings. The third-order valence-corrected chi connectivity index (χ3v) is 0.835. The molecule has 0 aromatic carbocycles. The van der Waals surface area contributed by atoms with Gasteiger partial charge in [0, 0.05) is 0 Å². The monoisotopic (exact) mass is 119 g/mol. The second-order valence-corrected chi connectivity index (χ2v) is 1.42. The van der Waals surface area contributed by atoms with Gasteiger partial charge in [0.1, 0.15) is 0 Å². The molecule has 0 saturated heterocycles. The van der Waals surface area contributed by atoms with Crippen LogP contribution in [0.2, 0.25) is 0 Å². The molecule has 0 aromatic heterocycles. The maximum absolute atomic E-state index is 10.5. The molecule has 1 unspecified atom stereocenters. The van der Waals surface area contributed by atoms with E-state index >= 15 is 0 Å². The highest BCUT2D eigenvalue weighted by Crippen LogP contribution is 1.90. The fourth-order valence-corrected chi connectivity index (χ4v) is 0.298. The van der Waals surface area contributed by atoms with E-state index < -0.39 is 12.1 Å². The summed E-state index contributed by atoms with van der Waals surface area (Å²) in [5, 5.41) is 4.03. The summed E-state index contributed by atoms with van der Waals surface area (Å²) in [6.07, 6.45) is -0.258. The van der Waals surface area contributed by atoms with Crippen molar-refractivity contribution in [2.45, 2.75) is 19.4 Å². The van der Waals surface area contributed by atoms with Crippen molar-refractivity contribution in [1.29, 1.82) is 1.43 Å². The van der Waals surface area contributed by atoms with E-state index in [2.05, 4.69) is 9.85 Å². The number of methoxy groups -OCH3 is 1. The Morgan fingerprint density at radius 1 is 2.12 bits per heavy atom. The largest absolute Gasteiger partial charge is 0.467 e. The number of esters is 1. The molecule has 0 aromatic rings. The standard InChI is InChI=1S/C5H10O3/c1-3-4(6)5(7)8-2/h4,6H,3H2,1-2H3/i6D. The highest BCUT2D eigenvalue weighted by molar-refractivity contribution is 5.73. The summed E-state index contributed by atoms with van der Waals surface area (Å²) in [6, 6.07) is 0. The first-order chi connectivity index (χ1) is 4.26. The van der Waals surface area contributed by atoms with Gasteiger partial charge in [-0.05, 0) is 6.42 Å². The van der Waals surface area contributed by atoms with Gasteiger partial charge in [0.25, 0.3) is 0 Å². The number of ether oxygens (including phenoxy) is 1. The van der Waals surface area contributed by atoms with E-state index in [4.69, 9.17) is 1.43 Å². The number of hydrogen-bond donors (Lipinski definition) is 1. The molecule has 0 aliphatic rings. The topological polar surface area (TPSA) is 46.5 Å². The highest BCUT2D eigenvalue weighted by atomic mass is 16.5. The van der Waals surface area contributed by atoms with E-state index in [1.54, 1.807) is 6.92 Å². The lowest BCUT2D eigenvalue weighted by Gasteiger charge is -2.01. The zero-order chi connectivity index (χ0) is 7.28. The molecule has 1 atom stereocenters. The molecule has 1 N–H and O–H groups in total. The molecule has 0 radical (unpaired) electrons. The Kier molecular flexibility index (Phi) is 2.39. The van der Waals surface area contributed by atoms with Gasteiger partial charge in [-0.2, -0.15) is 0 Å². The Bertz CT molecular complexity index is 90.2. The van der Waals surface area contributed by atoms with Crippen LogP contribution in [0.1, 0.15) is 13.3 Å². The lowest BCUT2D eigenvalue weighted by Crippen LogP contribution is -2.20. The maximum atomic E-state index is 10.5. The second kappa shape index (κ2) is 3.43. The van der Waals surface area contributed by atoms with Crippen LogP contribution in [-0.2, 0) is 9.53 Å². The average Bonchev–Trinajstić information content (AvgIpc) is 1.90. The SMILES string of the molecule is [2H]OC(CC)C(=O)OC. The van der Waals surface area contributed by atoms with E-state index in [-0.39, 0.29) is 0 Å². The van der Waals surface area contributed by atoms with Gasteiger partial charge in [0.15, 0.2) is 6.10 Å². The van der Waals surface area contributed by atoms with Gasteiger partial charge >= 0.3 is 5.97 Å². The zero-order valence-corrected chi connectivity index (χ0v) is 5.01. The minimum atomic E-state index is -0.727. The third kappa shape index (κ3) is 1.93. The number of rotatable bonds is 3. The van der Waals surface area contributed by atoms with Crippen LogP contribution in [-0.4, -0.2) is 25.7 Å². The van der Waals surface area contributed by atoms with Crippen molar-refractivity contribution in [1.82, 2.24) is 0 Å². The van der Waals surface area contributed by atoms with Crippen LogP contribution in [0.15, 0.2) is 0 Å². The van der Waals surface area contributed by atoms with Gasteiger partial charge in [-0.3, -0.25) is 0 Å². The zero-order valence-electron chi connectivity index (χ0n) is 6.01. The summed E-state index contributed by atoms with van der Waals surface area (Å²) in [5.41, 5.74) is 0. The van der Waals surface area contributed by atoms with Crippen LogP contribution in [0.4, 0.5) is 0 Å². The van der Waals surface area contributed by atoms with Crippen LogP contribution in [0.25, 0.3) is 0 Å². The van der Waals surface area contributed by atoms with Crippen molar-refractivity contribution in [3.8, 4) is 0 Å². The van der Waals surface area contributed by atoms with Crippen molar-refractivity contribution >= 4 is 5.97 Å². The third-order valence-electron chi connectivity index (χ3n) is 0.835. The summed E-state index contributed by atoms with van der Waals surface area (Å²) >= 11 is 0. The summed E-state index contributed by atoms with van der Waals surface area (Å²) in [4.78, 5) is 10.5. The van der Waals surface area contributed by atoms with E-state index in [9.17, 15) is 4.79 Å².